The Kier molecular flexibility index (Phi) is 4.06. The minimum absolute atomic E-state index is 0.230. The molecule has 1 aliphatic carbocycles. The molecule has 1 aliphatic rings. The quantitative estimate of drug-likeness (QED) is 0.831. The fraction of sp³-hybridized carbons (Fsp3) is 0.667. The van der Waals surface area contributed by atoms with Gasteiger partial charge in [-0.2, -0.15) is 0 Å². The molecule has 1 aromatic rings. The Morgan fingerprint density at radius 2 is 1.79 bits per heavy atom. The monoisotopic (exact) mass is 259 g/mol. The van der Waals surface area contributed by atoms with Crippen LogP contribution in [-0.2, 0) is 11.8 Å². The second-order valence-corrected chi connectivity index (χ2v) is 7.09. The topological polar surface area (TPSA) is 12.0 Å². The van der Waals surface area contributed by atoms with Gasteiger partial charge in [0.15, 0.2) is 0 Å². The molecule has 2 atom stereocenters. The van der Waals surface area contributed by atoms with Crippen molar-refractivity contribution in [2.75, 3.05) is 6.54 Å². The van der Waals surface area contributed by atoms with Crippen molar-refractivity contribution < 1.29 is 0 Å². The molecule has 1 N–H and O–H groups in total. The molecular weight excluding hydrogens is 230 g/mol. The smallest absolute Gasteiger partial charge is 0.00966 e. The summed E-state index contributed by atoms with van der Waals surface area (Å²) in [5.41, 5.74) is 3.67. The van der Waals surface area contributed by atoms with E-state index in [9.17, 15) is 0 Å². The number of hydrogen-bond donors (Lipinski definition) is 1. The summed E-state index contributed by atoms with van der Waals surface area (Å²) < 4.78 is 0. The number of benzene rings is 1. The Labute approximate surface area is 118 Å². The van der Waals surface area contributed by atoms with E-state index in [1.54, 1.807) is 5.56 Å². The largest absolute Gasteiger partial charge is 0.312 e. The van der Waals surface area contributed by atoms with Crippen LogP contribution in [0.2, 0.25) is 0 Å². The van der Waals surface area contributed by atoms with Crippen LogP contribution in [0.15, 0.2) is 24.3 Å². The minimum atomic E-state index is 0.230. The van der Waals surface area contributed by atoms with Crippen LogP contribution in [-0.4, -0.2) is 12.1 Å². The van der Waals surface area contributed by atoms with Crippen LogP contribution in [0.3, 0.4) is 0 Å². The lowest BCUT2D eigenvalue weighted by Gasteiger charge is -2.23. The van der Waals surface area contributed by atoms with E-state index in [4.69, 9.17) is 0 Å². The third-order valence-corrected chi connectivity index (χ3v) is 4.68. The zero-order valence-electron chi connectivity index (χ0n) is 13.2. The fourth-order valence-electron chi connectivity index (χ4n) is 3.14. The molecule has 1 fully saturated rings. The average molecular weight is 259 g/mol. The van der Waals surface area contributed by atoms with E-state index in [0.29, 0.717) is 5.41 Å². The van der Waals surface area contributed by atoms with Crippen molar-refractivity contribution in [2.45, 2.75) is 64.8 Å². The van der Waals surface area contributed by atoms with Gasteiger partial charge in [-0.1, -0.05) is 38.1 Å². The molecule has 19 heavy (non-hydrogen) atoms. The van der Waals surface area contributed by atoms with Crippen molar-refractivity contribution in [2.24, 2.45) is 5.92 Å². The zero-order valence-corrected chi connectivity index (χ0v) is 13.2. The van der Waals surface area contributed by atoms with Gasteiger partial charge in [-0.25, -0.2) is 0 Å². The standard InChI is InChI=1S/C18H29N/c1-6-14-8-10-15(11-9-14)18(7-2)12-16(18)13-19-17(3,4)5/h8-11,16,19H,6-7,12-13H2,1-5H3. The highest BCUT2D eigenvalue weighted by Crippen LogP contribution is 2.56. The first-order valence-corrected chi connectivity index (χ1v) is 7.75. The summed E-state index contributed by atoms with van der Waals surface area (Å²) in [6.07, 6.45) is 3.74. The van der Waals surface area contributed by atoms with Gasteiger partial charge in [-0.15, -0.1) is 0 Å². The van der Waals surface area contributed by atoms with Gasteiger partial charge in [0, 0.05) is 5.54 Å². The predicted molar refractivity (Wildman–Crippen MR) is 83.7 cm³/mol. The van der Waals surface area contributed by atoms with E-state index in [2.05, 4.69) is 64.2 Å². The van der Waals surface area contributed by atoms with Gasteiger partial charge in [0.1, 0.15) is 0 Å². The molecule has 0 amide bonds. The minimum Gasteiger partial charge on any atom is -0.312 e. The summed E-state index contributed by atoms with van der Waals surface area (Å²) in [4.78, 5) is 0. The van der Waals surface area contributed by atoms with E-state index < -0.39 is 0 Å². The molecule has 0 saturated heterocycles. The van der Waals surface area contributed by atoms with Crippen LogP contribution in [0.1, 0.15) is 58.6 Å². The SMILES string of the molecule is CCc1ccc(C2(CC)CC2CNC(C)(C)C)cc1. The first-order chi connectivity index (χ1) is 8.91. The Morgan fingerprint density at radius 3 is 2.26 bits per heavy atom. The Hall–Kier alpha value is -0.820. The Bertz CT molecular complexity index is 412. The van der Waals surface area contributed by atoms with Crippen molar-refractivity contribution in [3.63, 3.8) is 0 Å². The highest BCUT2D eigenvalue weighted by molar-refractivity contribution is 5.36. The van der Waals surface area contributed by atoms with Crippen molar-refractivity contribution >= 4 is 0 Å². The molecule has 2 unspecified atom stereocenters. The van der Waals surface area contributed by atoms with Gasteiger partial charge in [0.05, 0.1) is 0 Å². The van der Waals surface area contributed by atoms with Gasteiger partial charge >= 0.3 is 0 Å². The number of rotatable bonds is 5. The molecule has 0 aromatic heterocycles. The van der Waals surface area contributed by atoms with Crippen molar-refractivity contribution in [3.05, 3.63) is 35.4 Å². The summed E-state index contributed by atoms with van der Waals surface area (Å²) in [6.45, 7) is 12.5. The fourth-order valence-corrected chi connectivity index (χ4v) is 3.14. The van der Waals surface area contributed by atoms with Gasteiger partial charge in [0.25, 0.3) is 0 Å². The summed E-state index contributed by atoms with van der Waals surface area (Å²) in [7, 11) is 0. The molecule has 2 rings (SSSR count). The van der Waals surface area contributed by atoms with Crippen LogP contribution >= 0.6 is 0 Å². The summed E-state index contributed by atoms with van der Waals surface area (Å²) in [5.74, 6) is 0.809. The van der Waals surface area contributed by atoms with E-state index >= 15 is 0 Å². The van der Waals surface area contributed by atoms with Crippen LogP contribution in [0.25, 0.3) is 0 Å². The average Bonchev–Trinajstić information content (AvgIpc) is 3.11. The molecule has 1 heteroatoms. The van der Waals surface area contributed by atoms with Gasteiger partial charge in [-0.3, -0.25) is 0 Å². The zero-order chi connectivity index (χ0) is 14.1. The maximum absolute atomic E-state index is 3.67. The second kappa shape index (κ2) is 5.28. The molecule has 106 valence electrons. The van der Waals surface area contributed by atoms with Crippen molar-refractivity contribution in [3.8, 4) is 0 Å². The Morgan fingerprint density at radius 1 is 1.16 bits per heavy atom. The lowest BCUT2D eigenvalue weighted by molar-refractivity contribution is 0.401. The maximum atomic E-state index is 3.67. The lowest BCUT2D eigenvalue weighted by Crippen LogP contribution is -2.38. The van der Waals surface area contributed by atoms with Crippen LogP contribution in [0.5, 0.6) is 0 Å². The molecular formula is C18H29N. The van der Waals surface area contributed by atoms with E-state index in [0.717, 1.165) is 18.9 Å². The van der Waals surface area contributed by atoms with Crippen LogP contribution < -0.4 is 5.32 Å². The molecule has 1 aromatic carbocycles. The first kappa shape index (κ1) is 14.6. The lowest BCUT2D eigenvalue weighted by atomic mass is 9.89. The summed E-state index contributed by atoms with van der Waals surface area (Å²) in [5, 5.41) is 3.67. The van der Waals surface area contributed by atoms with Crippen molar-refractivity contribution in [1.82, 2.24) is 5.32 Å². The van der Waals surface area contributed by atoms with Crippen LogP contribution in [0, 0.1) is 5.92 Å². The highest BCUT2D eigenvalue weighted by Gasteiger charge is 2.53. The normalized spacial score (nSPS) is 26.5. The van der Waals surface area contributed by atoms with Crippen LogP contribution in [0.4, 0.5) is 0 Å². The Balaban J connectivity index is 2.04. The molecule has 0 aliphatic heterocycles. The van der Waals surface area contributed by atoms with E-state index in [1.165, 1.54) is 18.4 Å². The third kappa shape index (κ3) is 3.20. The molecule has 0 radical (unpaired) electrons. The number of aryl methyl sites for hydroxylation is 1. The predicted octanol–water partition coefficient (Wildman–Crippen LogP) is 4.30. The van der Waals surface area contributed by atoms with Gasteiger partial charge in [0.2, 0.25) is 0 Å². The number of hydrogen-bond acceptors (Lipinski definition) is 1. The molecule has 1 saturated carbocycles. The maximum Gasteiger partial charge on any atom is 0.00966 e. The van der Waals surface area contributed by atoms with Gasteiger partial charge in [-0.05, 0) is 69.0 Å². The summed E-state index contributed by atoms with van der Waals surface area (Å²) in [6, 6.07) is 9.33. The second-order valence-electron chi connectivity index (χ2n) is 7.09. The number of nitrogens with one attached hydrogen (secondary N) is 1. The van der Waals surface area contributed by atoms with Gasteiger partial charge < -0.3 is 5.32 Å². The molecule has 1 nitrogen and oxygen atoms in total. The molecule has 0 spiro atoms. The highest BCUT2D eigenvalue weighted by atomic mass is 15.0. The first-order valence-electron chi connectivity index (χ1n) is 7.75. The third-order valence-electron chi connectivity index (χ3n) is 4.68. The summed E-state index contributed by atoms with van der Waals surface area (Å²) >= 11 is 0. The van der Waals surface area contributed by atoms with Crippen molar-refractivity contribution in [1.29, 1.82) is 0 Å². The molecule has 0 bridgehead atoms. The van der Waals surface area contributed by atoms with E-state index in [-0.39, 0.29) is 5.54 Å². The van der Waals surface area contributed by atoms with E-state index in [1.807, 2.05) is 0 Å². The molecule has 0 heterocycles.